The van der Waals surface area contributed by atoms with E-state index in [1.807, 2.05) is 18.5 Å². The van der Waals surface area contributed by atoms with Gasteiger partial charge < -0.3 is 15.2 Å². The smallest absolute Gasteiger partial charge is 0.191 e. The van der Waals surface area contributed by atoms with E-state index in [9.17, 15) is 0 Å². The number of para-hydroxylation sites is 2. The molecule has 1 atom stereocenters. The fraction of sp³-hybridized carbons (Fsp3) is 0.364. The highest BCUT2D eigenvalue weighted by Gasteiger charge is 2.17. The first-order chi connectivity index (χ1) is 13.2. The molecule has 4 rings (SSSR count). The van der Waals surface area contributed by atoms with Crippen molar-refractivity contribution in [2.24, 2.45) is 16.6 Å². The Hall–Kier alpha value is -2.09. The molecule has 2 aromatic carbocycles. The highest BCUT2D eigenvalue weighted by atomic mass is 127. The van der Waals surface area contributed by atoms with Crippen LogP contribution in [0.1, 0.15) is 30.9 Å². The van der Waals surface area contributed by atoms with Gasteiger partial charge in [-0.2, -0.15) is 0 Å². The molecule has 148 valence electrons. The van der Waals surface area contributed by atoms with Crippen molar-refractivity contribution in [1.82, 2.24) is 14.5 Å². The van der Waals surface area contributed by atoms with Gasteiger partial charge in [-0.15, -0.1) is 24.0 Å². The van der Waals surface area contributed by atoms with Crippen LogP contribution in [0, 0.1) is 5.92 Å². The summed E-state index contributed by atoms with van der Waals surface area (Å²) < 4.78 is 2.18. The second-order valence-corrected chi connectivity index (χ2v) is 7.55. The van der Waals surface area contributed by atoms with Gasteiger partial charge in [0.25, 0.3) is 0 Å². The highest BCUT2D eigenvalue weighted by molar-refractivity contribution is 14.0. The number of fused-ring (bicyclic) bond motifs is 1. The van der Waals surface area contributed by atoms with Crippen molar-refractivity contribution in [2.75, 3.05) is 13.1 Å². The number of guanidine groups is 1. The topological polar surface area (TPSA) is 59.4 Å². The summed E-state index contributed by atoms with van der Waals surface area (Å²) in [6, 6.07) is 16.8. The molecular formula is C22H28IN5. The first-order valence-corrected chi connectivity index (χ1v) is 9.71. The molecule has 0 bridgehead atoms. The minimum Gasteiger partial charge on any atom is -0.370 e. The number of benzene rings is 2. The number of nitrogens with two attached hydrogens (primary N) is 1. The molecule has 0 amide bonds. The number of aromatic nitrogens is 2. The van der Waals surface area contributed by atoms with Gasteiger partial charge >= 0.3 is 0 Å². The van der Waals surface area contributed by atoms with Crippen LogP contribution in [0.5, 0.6) is 0 Å². The number of piperidine rings is 1. The molecule has 0 spiro atoms. The summed E-state index contributed by atoms with van der Waals surface area (Å²) in [6.45, 7) is 5.77. The van der Waals surface area contributed by atoms with Crippen molar-refractivity contribution in [3.05, 3.63) is 66.0 Å². The van der Waals surface area contributed by atoms with Crippen LogP contribution in [0.2, 0.25) is 0 Å². The third-order valence-electron chi connectivity index (χ3n) is 5.31. The third kappa shape index (κ3) is 4.84. The van der Waals surface area contributed by atoms with Crippen molar-refractivity contribution in [2.45, 2.75) is 32.9 Å². The van der Waals surface area contributed by atoms with Gasteiger partial charge in [0.2, 0.25) is 0 Å². The number of aliphatic imine (C=N–C) groups is 1. The van der Waals surface area contributed by atoms with E-state index in [1.165, 1.54) is 24.0 Å². The molecule has 28 heavy (non-hydrogen) atoms. The van der Waals surface area contributed by atoms with E-state index < -0.39 is 0 Å². The molecule has 1 aromatic heterocycles. The van der Waals surface area contributed by atoms with Crippen LogP contribution in [-0.2, 0) is 13.1 Å². The Morgan fingerprint density at radius 2 is 1.89 bits per heavy atom. The van der Waals surface area contributed by atoms with Gasteiger partial charge in [0.15, 0.2) is 5.96 Å². The van der Waals surface area contributed by atoms with E-state index >= 15 is 0 Å². The number of nitrogens with zero attached hydrogens (tertiary/aromatic N) is 4. The van der Waals surface area contributed by atoms with Gasteiger partial charge in [0, 0.05) is 19.6 Å². The summed E-state index contributed by atoms with van der Waals surface area (Å²) in [5.74, 6) is 1.38. The molecule has 1 unspecified atom stereocenters. The monoisotopic (exact) mass is 489 g/mol. The first kappa shape index (κ1) is 20.6. The van der Waals surface area contributed by atoms with Gasteiger partial charge in [-0.25, -0.2) is 9.98 Å². The van der Waals surface area contributed by atoms with Crippen LogP contribution >= 0.6 is 24.0 Å². The van der Waals surface area contributed by atoms with E-state index in [2.05, 4.69) is 62.8 Å². The summed E-state index contributed by atoms with van der Waals surface area (Å²) in [6.07, 6.45) is 4.40. The number of hydrogen-bond donors (Lipinski definition) is 1. The molecule has 2 N–H and O–H groups in total. The zero-order valence-corrected chi connectivity index (χ0v) is 18.6. The molecule has 1 saturated heterocycles. The van der Waals surface area contributed by atoms with E-state index in [-0.39, 0.29) is 24.0 Å². The number of halogens is 1. The van der Waals surface area contributed by atoms with Crippen LogP contribution in [0.4, 0.5) is 0 Å². The van der Waals surface area contributed by atoms with Gasteiger partial charge in [-0.3, -0.25) is 0 Å². The lowest BCUT2D eigenvalue weighted by molar-refractivity contribution is 0.270. The minimum atomic E-state index is 0. The van der Waals surface area contributed by atoms with Gasteiger partial charge in [-0.1, -0.05) is 43.3 Å². The molecule has 0 radical (unpaired) electrons. The summed E-state index contributed by atoms with van der Waals surface area (Å²) in [5.41, 5.74) is 10.8. The SMILES string of the molecule is CC1CCCN(C(N)=NCc2ccc(Cn3cnc4ccccc43)cc2)C1.I. The van der Waals surface area contributed by atoms with Crippen LogP contribution in [0.15, 0.2) is 59.9 Å². The molecule has 3 aromatic rings. The van der Waals surface area contributed by atoms with Gasteiger partial charge in [-0.05, 0) is 42.0 Å². The second kappa shape index (κ2) is 9.41. The number of imidazole rings is 1. The number of hydrogen-bond acceptors (Lipinski definition) is 2. The van der Waals surface area contributed by atoms with Crippen molar-refractivity contribution in [3.8, 4) is 0 Å². The Balaban J connectivity index is 0.00000225. The zero-order chi connectivity index (χ0) is 18.6. The van der Waals surface area contributed by atoms with Crippen LogP contribution in [-0.4, -0.2) is 33.5 Å². The predicted octanol–water partition coefficient (Wildman–Crippen LogP) is 4.25. The Bertz CT molecular complexity index is 932. The quantitative estimate of drug-likeness (QED) is 0.339. The molecule has 2 heterocycles. The van der Waals surface area contributed by atoms with Crippen LogP contribution < -0.4 is 5.73 Å². The lowest BCUT2D eigenvalue weighted by Crippen LogP contribution is -2.43. The lowest BCUT2D eigenvalue weighted by atomic mass is 10.0. The fourth-order valence-electron chi connectivity index (χ4n) is 3.75. The van der Waals surface area contributed by atoms with E-state index in [0.717, 1.165) is 30.7 Å². The highest BCUT2D eigenvalue weighted by Crippen LogP contribution is 2.16. The standard InChI is InChI=1S/C22H27N5.HI/c1-17-5-4-12-26(14-17)22(23)24-13-18-8-10-19(11-9-18)15-27-16-25-20-6-2-3-7-21(20)27;/h2-3,6-11,16-17H,4-5,12-15H2,1H3,(H2,23,24);1H. The van der Waals surface area contributed by atoms with E-state index in [1.54, 1.807) is 0 Å². The van der Waals surface area contributed by atoms with Crippen molar-refractivity contribution in [1.29, 1.82) is 0 Å². The Kier molecular flexibility index (Phi) is 6.93. The van der Waals surface area contributed by atoms with Gasteiger partial charge in [0.1, 0.15) is 0 Å². The maximum Gasteiger partial charge on any atom is 0.191 e. The van der Waals surface area contributed by atoms with E-state index in [4.69, 9.17) is 5.73 Å². The summed E-state index contributed by atoms with van der Waals surface area (Å²) >= 11 is 0. The maximum atomic E-state index is 6.20. The van der Waals surface area contributed by atoms with E-state index in [0.29, 0.717) is 18.4 Å². The molecular weight excluding hydrogens is 461 g/mol. The Morgan fingerprint density at radius 3 is 2.68 bits per heavy atom. The molecule has 6 heteroatoms. The van der Waals surface area contributed by atoms with Crippen LogP contribution in [0.25, 0.3) is 11.0 Å². The summed E-state index contributed by atoms with van der Waals surface area (Å²) in [7, 11) is 0. The second-order valence-electron chi connectivity index (χ2n) is 7.55. The zero-order valence-electron chi connectivity index (χ0n) is 16.3. The molecule has 1 fully saturated rings. The number of likely N-dealkylation sites (tertiary alicyclic amines) is 1. The average Bonchev–Trinajstić information content (AvgIpc) is 3.10. The van der Waals surface area contributed by atoms with Crippen molar-refractivity contribution in [3.63, 3.8) is 0 Å². The fourth-order valence-corrected chi connectivity index (χ4v) is 3.75. The van der Waals surface area contributed by atoms with Crippen molar-refractivity contribution < 1.29 is 0 Å². The predicted molar refractivity (Wildman–Crippen MR) is 126 cm³/mol. The average molecular weight is 489 g/mol. The summed E-state index contributed by atoms with van der Waals surface area (Å²) in [4.78, 5) is 11.3. The molecule has 0 aliphatic carbocycles. The normalized spacial score (nSPS) is 17.5. The minimum absolute atomic E-state index is 0. The van der Waals surface area contributed by atoms with Crippen molar-refractivity contribution >= 4 is 41.0 Å². The molecule has 0 saturated carbocycles. The lowest BCUT2D eigenvalue weighted by Gasteiger charge is -2.31. The third-order valence-corrected chi connectivity index (χ3v) is 5.31. The van der Waals surface area contributed by atoms with Crippen LogP contribution in [0.3, 0.4) is 0 Å². The largest absolute Gasteiger partial charge is 0.370 e. The molecule has 5 nitrogen and oxygen atoms in total. The summed E-state index contributed by atoms with van der Waals surface area (Å²) in [5, 5.41) is 0. The molecule has 1 aliphatic heterocycles. The Labute approximate surface area is 183 Å². The van der Waals surface area contributed by atoms with Gasteiger partial charge in [0.05, 0.1) is 23.9 Å². The first-order valence-electron chi connectivity index (χ1n) is 9.71. The number of rotatable bonds is 4. The maximum absolute atomic E-state index is 6.20. The Morgan fingerprint density at radius 1 is 1.14 bits per heavy atom. The molecule has 1 aliphatic rings.